The van der Waals surface area contributed by atoms with E-state index in [0.717, 1.165) is 25.7 Å². The lowest BCUT2D eigenvalue weighted by atomic mass is 9.88. The van der Waals surface area contributed by atoms with E-state index in [1.807, 2.05) is 5.48 Å². The summed E-state index contributed by atoms with van der Waals surface area (Å²) in [4.78, 5) is 15.7. The van der Waals surface area contributed by atoms with Crippen LogP contribution in [0.4, 0.5) is 13.2 Å². The van der Waals surface area contributed by atoms with Crippen LogP contribution in [0.1, 0.15) is 25.7 Å². The van der Waals surface area contributed by atoms with E-state index in [9.17, 15) is 18.0 Å². The maximum absolute atomic E-state index is 11.8. The molecule has 0 saturated heterocycles. The number of nitrogens with one attached hydrogen (secondary N) is 1. The lowest BCUT2D eigenvalue weighted by Crippen LogP contribution is -2.36. The molecule has 2 aliphatic carbocycles. The highest BCUT2D eigenvalue weighted by atomic mass is 19.4. The number of carbonyl (C=O) groups excluding carboxylic acids is 1. The summed E-state index contributed by atoms with van der Waals surface area (Å²) < 4.78 is 35.3. The number of amides is 1. The second-order valence-corrected chi connectivity index (χ2v) is 4.65. The van der Waals surface area contributed by atoms with Gasteiger partial charge in [-0.1, -0.05) is 6.42 Å². The average Bonchev–Trinajstić information content (AvgIpc) is 2.76. The fourth-order valence-electron chi connectivity index (χ4n) is 2.83. The first-order valence-corrected chi connectivity index (χ1v) is 5.44. The first kappa shape index (κ1) is 11.7. The third-order valence-electron chi connectivity index (χ3n) is 3.48. The average molecular weight is 237 g/mol. The molecule has 1 amide bonds. The molecule has 0 aromatic carbocycles. The van der Waals surface area contributed by atoms with E-state index < -0.39 is 18.7 Å². The molecule has 92 valence electrons. The minimum Gasteiger partial charge on any atom is -0.272 e. The molecule has 0 aromatic rings. The van der Waals surface area contributed by atoms with Crippen LogP contribution in [-0.2, 0) is 9.63 Å². The molecular formula is C10H14F3NO2. The van der Waals surface area contributed by atoms with Gasteiger partial charge in [-0.25, -0.2) is 5.48 Å². The summed E-state index contributed by atoms with van der Waals surface area (Å²) in [5.41, 5.74) is 1.91. The third-order valence-corrected chi connectivity index (χ3v) is 3.48. The van der Waals surface area contributed by atoms with Crippen LogP contribution < -0.4 is 5.48 Å². The van der Waals surface area contributed by atoms with Crippen molar-refractivity contribution in [2.24, 2.45) is 17.8 Å². The van der Waals surface area contributed by atoms with Gasteiger partial charge in [-0.3, -0.25) is 9.63 Å². The van der Waals surface area contributed by atoms with Gasteiger partial charge in [0, 0.05) is 5.92 Å². The van der Waals surface area contributed by atoms with Crippen molar-refractivity contribution in [2.45, 2.75) is 31.9 Å². The Morgan fingerprint density at radius 2 is 2.06 bits per heavy atom. The Morgan fingerprint density at radius 1 is 1.31 bits per heavy atom. The van der Waals surface area contributed by atoms with Gasteiger partial charge in [-0.2, -0.15) is 13.2 Å². The Balaban J connectivity index is 1.73. The Kier molecular flexibility index (Phi) is 3.10. The zero-order valence-corrected chi connectivity index (χ0v) is 8.72. The van der Waals surface area contributed by atoms with Crippen molar-refractivity contribution >= 4 is 5.91 Å². The molecule has 2 aliphatic rings. The fraction of sp³-hybridized carbons (Fsp3) is 0.900. The van der Waals surface area contributed by atoms with Crippen LogP contribution in [0, 0.1) is 17.8 Å². The maximum atomic E-state index is 11.8. The van der Waals surface area contributed by atoms with E-state index in [4.69, 9.17) is 0 Å². The minimum atomic E-state index is -4.40. The first-order chi connectivity index (χ1) is 7.46. The highest BCUT2D eigenvalue weighted by molar-refractivity contribution is 5.78. The summed E-state index contributed by atoms with van der Waals surface area (Å²) in [5, 5.41) is 0. The van der Waals surface area contributed by atoms with Gasteiger partial charge in [-0.15, -0.1) is 0 Å². The quantitative estimate of drug-likeness (QED) is 0.763. The van der Waals surface area contributed by atoms with Gasteiger partial charge in [0.15, 0.2) is 6.61 Å². The van der Waals surface area contributed by atoms with E-state index in [1.54, 1.807) is 0 Å². The number of halogens is 3. The Bertz CT molecular complexity index is 280. The van der Waals surface area contributed by atoms with Gasteiger partial charge in [-0.05, 0) is 31.1 Å². The predicted octanol–water partition coefficient (Wildman–Crippen LogP) is 2.03. The second kappa shape index (κ2) is 4.24. The van der Waals surface area contributed by atoms with Crippen molar-refractivity contribution in [3.8, 4) is 0 Å². The molecule has 0 heterocycles. The van der Waals surface area contributed by atoms with Crippen LogP contribution in [0.25, 0.3) is 0 Å². The largest absolute Gasteiger partial charge is 0.414 e. The van der Waals surface area contributed by atoms with Crippen molar-refractivity contribution in [1.29, 1.82) is 0 Å². The van der Waals surface area contributed by atoms with Crippen LogP contribution in [-0.4, -0.2) is 18.7 Å². The molecule has 6 heteroatoms. The van der Waals surface area contributed by atoms with Crippen LogP contribution >= 0.6 is 0 Å². The predicted molar refractivity (Wildman–Crippen MR) is 49.1 cm³/mol. The standard InChI is InChI=1S/C10H14F3NO2/c11-10(12,13)5-16-14-9(15)8-4-6-1-2-7(8)3-6/h6-8H,1-5H2,(H,14,15). The van der Waals surface area contributed by atoms with Crippen LogP contribution in [0.2, 0.25) is 0 Å². The maximum Gasteiger partial charge on any atom is 0.414 e. The van der Waals surface area contributed by atoms with Gasteiger partial charge >= 0.3 is 6.18 Å². The molecule has 2 bridgehead atoms. The summed E-state index contributed by atoms with van der Waals surface area (Å²) in [6.45, 7) is -1.43. The molecule has 0 spiro atoms. The molecule has 0 radical (unpaired) electrons. The molecule has 1 N–H and O–H groups in total. The van der Waals surface area contributed by atoms with Crippen molar-refractivity contribution in [3.05, 3.63) is 0 Å². The van der Waals surface area contributed by atoms with Crippen molar-refractivity contribution in [2.75, 3.05) is 6.61 Å². The molecule has 3 unspecified atom stereocenters. The van der Waals surface area contributed by atoms with Gasteiger partial charge in [0.25, 0.3) is 0 Å². The normalized spacial score (nSPS) is 33.1. The van der Waals surface area contributed by atoms with E-state index in [1.165, 1.54) is 0 Å². The molecule has 3 nitrogen and oxygen atoms in total. The van der Waals surface area contributed by atoms with Crippen molar-refractivity contribution in [3.63, 3.8) is 0 Å². The number of hydrogen-bond acceptors (Lipinski definition) is 2. The number of rotatable bonds is 3. The highest BCUT2D eigenvalue weighted by Crippen LogP contribution is 2.48. The number of alkyl halides is 3. The summed E-state index contributed by atoms with van der Waals surface area (Å²) >= 11 is 0. The first-order valence-electron chi connectivity index (χ1n) is 5.44. The van der Waals surface area contributed by atoms with E-state index in [-0.39, 0.29) is 5.92 Å². The van der Waals surface area contributed by atoms with E-state index in [2.05, 4.69) is 4.84 Å². The van der Waals surface area contributed by atoms with Crippen molar-refractivity contribution in [1.82, 2.24) is 5.48 Å². The number of hydrogen-bond donors (Lipinski definition) is 1. The second-order valence-electron chi connectivity index (χ2n) is 4.65. The summed E-state index contributed by atoms with van der Waals surface area (Å²) in [6.07, 6.45) is -0.398. The lowest BCUT2D eigenvalue weighted by Gasteiger charge is -2.20. The SMILES string of the molecule is O=C(NOCC(F)(F)F)C1CC2CCC1C2. The molecule has 2 saturated carbocycles. The minimum absolute atomic E-state index is 0.146. The van der Waals surface area contributed by atoms with Crippen LogP contribution in [0.5, 0.6) is 0 Å². The van der Waals surface area contributed by atoms with E-state index >= 15 is 0 Å². The van der Waals surface area contributed by atoms with Crippen molar-refractivity contribution < 1.29 is 22.8 Å². The van der Waals surface area contributed by atoms with Crippen LogP contribution in [0.15, 0.2) is 0 Å². The number of hydroxylamine groups is 1. The summed E-state index contributed by atoms with van der Waals surface area (Å²) in [5.74, 6) is 0.395. The molecular weight excluding hydrogens is 223 g/mol. The monoisotopic (exact) mass is 237 g/mol. The van der Waals surface area contributed by atoms with Gasteiger partial charge in [0.1, 0.15) is 0 Å². The third kappa shape index (κ3) is 2.66. The van der Waals surface area contributed by atoms with Gasteiger partial charge < -0.3 is 0 Å². The molecule has 2 fully saturated rings. The zero-order valence-electron chi connectivity index (χ0n) is 8.72. The van der Waals surface area contributed by atoms with Gasteiger partial charge in [0.2, 0.25) is 5.91 Å². The molecule has 0 aliphatic heterocycles. The Morgan fingerprint density at radius 3 is 2.56 bits per heavy atom. The number of carbonyl (C=O) groups is 1. The zero-order chi connectivity index (χ0) is 11.8. The molecule has 2 rings (SSSR count). The highest BCUT2D eigenvalue weighted by Gasteiger charge is 2.43. The van der Waals surface area contributed by atoms with Gasteiger partial charge in [0.05, 0.1) is 0 Å². The summed E-state index contributed by atoms with van der Waals surface area (Å²) in [6, 6.07) is 0. The fourth-order valence-corrected chi connectivity index (χ4v) is 2.83. The van der Waals surface area contributed by atoms with E-state index in [0.29, 0.717) is 11.8 Å². The molecule has 0 aromatic heterocycles. The Hall–Kier alpha value is -0.780. The van der Waals surface area contributed by atoms with Crippen LogP contribution in [0.3, 0.4) is 0 Å². The topological polar surface area (TPSA) is 38.3 Å². The Labute approximate surface area is 91.3 Å². The smallest absolute Gasteiger partial charge is 0.272 e. The lowest BCUT2D eigenvalue weighted by molar-refractivity contribution is -0.193. The number of fused-ring (bicyclic) bond motifs is 2. The molecule has 3 atom stereocenters. The summed E-state index contributed by atoms with van der Waals surface area (Å²) in [7, 11) is 0. The molecule has 16 heavy (non-hydrogen) atoms.